The van der Waals surface area contributed by atoms with Crippen LogP contribution >= 0.6 is 12.2 Å². The second-order valence-electron chi connectivity index (χ2n) is 7.60. The molecule has 0 aliphatic heterocycles. The van der Waals surface area contributed by atoms with Gasteiger partial charge in [0.25, 0.3) is 0 Å². The first-order chi connectivity index (χ1) is 16.2. The third-order valence-electron chi connectivity index (χ3n) is 4.98. The molecule has 0 saturated carbocycles. The van der Waals surface area contributed by atoms with Crippen molar-refractivity contribution >= 4 is 29.0 Å². The van der Waals surface area contributed by atoms with Gasteiger partial charge in [0.15, 0.2) is 16.7 Å². The van der Waals surface area contributed by atoms with Crippen LogP contribution in [0.15, 0.2) is 66.9 Å². The van der Waals surface area contributed by atoms with Crippen molar-refractivity contribution in [2.24, 2.45) is 0 Å². The first-order valence-electron chi connectivity index (χ1n) is 10.2. The lowest BCUT2D eigenvalue weighted by Crippen LogP contribution is -2.20. The molecule has 2 heterocycles. The summed E-state index contributed by atoms with van der Waals surface area (Å²) in [4.78, 5) is 0. The van der Waals surface area contributed by atoms with Gasteiger partial charge in [0.2, 0.25) is 0 Å². The molecule has 34 heavy (non-hydrogen) atoms. The second kappa shape index (κ2) is 9.64. The summed E-state index contributed by atoms with van der Waals surface area (Å²) < 4.78 is 55.9. The van der Waals surface area contributed by atoms with Gasteiger partial charge in [0, 0.05) is 29.6 Å². The predicted molar refractivity (Wildman–Crippen MR) is 125 cm³/mol. The summed E-state index contributed by atoms with van der Waals surface area (Å²) in [5, 5.41) is 14.8. The average molecular weight is 489 g/mol. The summed E-state index contributed by atoms with van der Waals surface area (Å²) in [6.45, 7) is 2.25. The molecular formula is C23H20F4N6S. The molecule has 0 unspecified atom stereocenters. The molecule has 2 N–H and O–H groups in total. The van der Waals surface area contributed by atoms with Gasteiger partial charge in [0.1, 0.15) is 5.82 Å². The minimum Gasteiger partial charge on any atom is -0.316 e. The van der Waals surface area contributed by atoms with E-state index in [1.807, 2.05) is 0 Å². The van der Waals surface area contributed by atoms with E-state index < -0.39 is 11.7 Å². The monoisotopic (exact) mass is 488 g/mol. The number of rotatable bonds is 6. The van der Waals surface area contributed by atoms with E-state index in [4.69, 9.17) is 12.2 Å². The Hall–Kier alpha value is -3.73. The molecular weight excluding hydrogens is 468 g/mol. The zero-order valence-electron chi connectivity index (χ0n) is 18.0. The number of nitrogens with one attached hydrogen (secondary N) is 2. The summed E-state index contributed by atoms with van der Waals surface area (Å²) in [5.74, 6) is 0.600. The Labute approximate surface area is 198 Å². The zero-order valence-corrected chi connectivity index (χ0v) is 18.8. The number of aryl methyl sites for hydroxylation is 1. The van der Waals surface area contributed by atoms with Crippen LogP contribution in [0.3, 0.4) is 0 Å². The summed E-state index contributed by atoms with van der Waals surface area (Å²) in [7, 11) is 0. The highest BCUT2D eigenvalue weighted by Crippen LogP contribution is 2.29. The quantitative estimate of drug-likeness (QED) is 0.279. The molecule has 2 aromatic heterocycles. The predicted octanol–water partition coefficient (Wildman–Crippen LogP) is 5.45. The van der Waals surface area contributed by atoms with E-state index in [1.54, 1.807) is 58.9 Å². The molecule has 0 radical (unpaired) electrons. The summed E-state index contributed by atoms with van der Waals surface area (Å²) in [6.07, 6.45) is -2.70. The minimum absolute atomic E-state index is 0.179. The van der Waals surface area contributed by atoms with Crippen molar-refractivity contribution in [3.63, 3.8) is 0 Å². The fourth-order valence-corrected chi connectivity index (χ4v) is 3.54. The molecule has 4 rings (SSSR count). The molecule has 4 aromatic rings. The van der Waals surface area contributed by atoms with Gasteiger partial charge in [-0.2, -0.15) is 23.4 Å². The molecule has 0 aliphatic carbocycles. The Balaban J connectivity index is 1.37. The number of hydrogen-bond acceptors (Lipinski definition) is 3. The van der Waals surface area contributed by atoms with E-state index in [0.29, 0.717) is 22.8 Å². The maximum atomic E-state index is 13.8. The summed E-state index contributed by atoms with van der Waals surface area (Å²) >= 11 is 5.31. The second-order valence-corrected chi connectivity index (χ2v) is 8.00. The molecule has 11 heteroatoms. The van der Waals surface area contributed by atoms with Crippen molar-refractivity contribution in [2.45, 2.75) is 26.2 Å². The standard InChI is InChI=1S/C23H20F4N6S/c1-15-11-21(31-33(15)13-16-5-4-7-18(12-16)23(25,26)27)29-22(34)28-20-9-10-32(30-20)14-17-6-2-3-8-19(17)24/h2-12H,13-14H2,1H3,(H2,28,29,30,31,34). The van der Waals surface area contributed by atoms with Gasteiger partial charge in [-0.1, -0.05) is 30.3 Å². The Bertz CT molecular complexity index is 1310. The van der Waals surface area contributed by atoms with Crippen LogP contribution in [0.1, 0.15) is 22.4 Å². The lowest BCUT2D eigenvalue weighted by atomic mass is 10.1. The van der Waals surface area contributed by atoms with Crippen LogP contribution in [0.25, 0.3) is 0 Å². The molecule has 2 aromatic carbocycles. The summed E-state index contributed by atoms with van der Waals surface area (Å²) in [6, 6.07) is 15.0. The number of halogens is 4. The molecule has 0 saturated heterocycles. The van der Waals surface area contributed by atoms with Crippen molar-refractivity contribution in [3.8, 4) is 0 Å². The lowest BCUT2D eigenvalue weighted by Gasteiger charge is -2.10. The van der Waals surface area contributed by atoms with Crippen molar-refractivity contribution in [1.29, 1.82) is 0 Å². The van der Waals surface area contributed by atoms with Crippen LogP contribution in [-0.4, -0.2) is 24.7 Å². The van der Waals surface area contributed by atoms with Gasteiger partial charge in [-0.25, -0.2) is 4.39 Å². The Morgan fingerprint density at radius 3 is 2.47 bits per heavy atom. The van der Waals surface area contributed by atoms with E-state index in [-0.39, 0.29) is 24.0 Å². The van der Waals surface area contributed by atoms with Crippen LogP contribution in [0.5, 0.6) is 0 Å². The molecule has 0 aliphatic rings. The molecule has 0 fully saturated rings. The van der Waals surface area contributed by atoms with Crippen LogP contribution in [-0.2, 0) is 19.3 Å². The molecule has 6 nitrogen and oxygen atoms in total. The van der Waals surface area contributed by atoms with E-state index in [1.165, 1.54) is 12.1 Å². The van der Waals surface area contributed by atoms with Crippen LogP contribution in [0, 0.1) is 12.7 Å². The smallest absolute Gasteiger partial charge is 0.316 e. The van der Waals surface area contributed by atoms with E-state index in [9.17, 15) is 17.6 Å². The number of hydrogen-bond donors (Lipinski definition) is 2. The first-order valence-corrected chi connectivity index (χ1v) is 10.6. The van der Waals surface area contributed by atoms with Gasteiger partial charge in [-0.05, 0) is 42.9 Å². The van der Waals surface area contributed by atoms with E-state index in [2.05, 4.69) is 20.8 Å². The van der Waals surface area contributed by atoms with Crippen LogP contribution in [0.4, 0.5) is 29.2 Å². The molecule has 0 amide bonds. The zero-order chi connectivity index (χ0) is 24.3. The van der Waals surface area contributed by atoms with Gasteiger partial charge in [0.05, 0.1) is 18.7 Å². The average Bonchev–Trinajstić information content (AvgIpc) is 3.35. The fourth-order valence-electron chi connectivity index (χ4n) is 3.33. The minimum atomic E-state index is -4.40. The number of anilines is 2. The van der Waals surface area contributed by atoms with Gasteiger partial charge >= 0.3 is 6.18 Å². The highest BCUT2D eigenvalue weighted by molar-refractivity contribution is 7.80. The number of thiocarbonyl (C=S) groups is 1. The Morgan fingerprint density at radius 2 is 1.71 bits per heavy atom. The van der Waals surface area contributed by atoms with Crippen LogP contribution in [0.2, 0.25) is 0 Å². The van der Waals surface area contributed by atoms with Crippen molar-refractivity contribution in [3.05, 3.63) is 95.1 Å². The highest BCUT2D eigenvalue weighted by Gasteiger charge is 2.30. The van der Waals surface area contributed by atoms with Gasteiger partial charge in [-0.3, -0.25) is 9.36 Å². The maximum Gasteiger partial charge on any atom is 0.416 e. The van der Waals surface area contributed by atoms with E-state index in [0.717, 1.165) is 17.8 Å². The fraction of sp³-hybridized carbons (Fsp3) is 0.174. The normalized spacial score (nSPS) is 11.4. The molecule has 0 bridgehead atoms. The van der Waals surface area contributed by atoms with E-state index >= 15 is 0 Å². The number of nitrogens with zero attached hydrogens (tertiary/aromatic N) is 4. The third-order valence-corrected chi connectivity index (χ3v) is 5.19. The van der Waals surface area contributed by atoms with Crippen molar-refractivity contribution in [1.82, 2.24) is 19.6 Å². The lowest BCUT2D eigenvalue weighted by molar-refractivity contribution is -0.137. The Kier molecular flexibility index (Phi) is 6.64. The highest BCUT2D eigenvalue weighted by atomic mass is 32.1. The van der Waals surface area contributed by atoms with Gasteiger partial charge in [-0.15, -0.1) is 0 Å². The number of benzene rings is 2. The molecule has 176 valence electrons. The molecule has 0 atom stereocenters. The van der Waals surface area contributed by atoms with Crippen LogP contribution < -0.4 is 10.6 Å². The maximum absolute atomic E-state index is 13.8. The van der Waals surface area contributed by atoms with Crippen molar-refractivity contribution in [2.75, 3.05) is 10.6 Å². The SMILES string of the molecule is Cc1cc(NC(=S)Nc2ccn(Cc3ccccc3F)n2)nn1Cc1cccc(C(F)(F)F)c1. The van der Waals surface area contributed by atoms with Gasteiger partial charge < -0.3 is 10.6 Å². The summed E-state index contributed by atoms with van der Waals surface area (Å²) in [5.41, 5.74) is 1.04. The Morgan fingerprint density at radius 1 is 0.941 bits per heavy atom. The number of aromatic nitrogens is 4. The third kappa shape index (κ3) is 5.79. The van der Waals surface area contributed by atoms with Crippen molar-refractivity contribution < 1.29 is 17.6 Å². The topological polar surface area (TPSA) is 59.7 Å². The molecule has 0 spiro atoms. The largest absolute Gasteiger partial charge is 0.416 e. The first kappa shape index (κ1) is 23.4. The number of alkyl halides is 3.